The van der Waals surface area contributed by atoms with Crippen LogP contribution in [0, 0.1) is 0 Å². The van der Waals surface area contributed by atoms with Crippen LogP contribution < -0.4 is 5.73 Å². The van der Waals surface area contributed by atoms with E-state index >= 15 is 0 Å². The Labute approximate surface area is 96.3 Å². The molecule has 0 atom stereocenters. The molecular formula is C10H17N3O2S. The van der Waals surface area contributed by atoms with Crippen LogP contribution in [-0.4, -0.2) is 31.3 Å². The van der Waals surface area contributed by atoms with Gasteiger partial charge in [-0.1, -0.05) is 6.92 Å². The molecule has 0 aliphatic carbocycles. The minimum Gasteiger partial charge on any atom is -0.325 e. The fourth-order valence-corrected chi connectivity index (χ4v) is 2.86. The molecule has 1 heterocycles. The van der Waals surface area contributed by atoms with Gasteiger partial charge in [0.2, 0.25) is 10.0 Å². The van der Waals surface area contributed by atoms with Crippen LogP contribution in [0.15, 0.2) is 23.2 Å². The third kappa shape index (κ3) is 2.58. The summed E-state index contributed by atoms with van der Waals surface area (Å²) < 4.78 is 25.6. The van der Waals surface area contributed by atoms with E-state index in [-0.39, 0.29) is 11.4 Å². The highest BCUT2D eigenvalue weighted by molar-refractivity contribution is 7.89. The maximum atomic E-state index is 12.1. The third-order valence-corrected chi connectivity index (χ3v) is 4.20. The lowest BCUT2D eigenvalue weighted by Crippen LogP contribution is -2.29. The van der Waals surface area contributed by atoms with Gasteiger partial charge in [-0.2, -0.15) is 0 Å². The number of nitrogens with zero attached hydrogens (tertiary/aromatic N) is 2. The van der Waals surface area contributed by atoms with Gasteiger partial charge in [-0.15, -0.1) is 0 Å². The molecule has 0 aliphatic heterocycles. The molecule has 0 amide bonds. The van der Waals surface area contributed by atoms with Crippen LogP contribution in [0.5, 0.6) is 0 Å². The maximum Gasteiger partial charge on any atom is 0.244 e. The van der Waals surface area contributed by atoms with Crippen molar-refractivity contribution in [2.75, 3.05) is 13.6 Å². The molecule has 0 fully saturated rings. The highest BCUT2D eigenvalue weighted by Crippen LogP contribution is 2.17. The van der Waals surface area contributed by atoms with E-state index in [1.165, 1.54) is 10.4 Å². The summed E-state index contributed by atoms with van der Waals surface area (Å²) in [6.45, 7) is 2.54. The van der Waals surface area contributed by atoms with Crippen molar-refractivity contribution < 1.29 is 8.42 Å². The van der Waals surface area contributed by atoms with E-state index in [2.05, 4.69) is 4.98 Å². The summed E-state index contributed by atoms with van der Waals surface area (Å²) in [5.41, 5.74) is 5.88. The molecule has 1 rings (SSSR count). The predicted octanol–water partition coefficient (Wildman–Crippen LogP) is 0.571. The summed E-state index contributed by atoms with van der Waals surface area (Å²) in [5.74, 6) is 0. The number of pyridine rings is 1. The van der Waals surface area contributed by atoms with Gasteiger partial charge in [0, 0.05) is 26.3 Å². The van der Waals surface area contributed by atoms with E-state index in [1.54, 1.807) is 19.3 Å². The van der Waals surface area contributed by atoms with E-state index in [1.807, 2.05) is 6.92 Å². The minimum atomic E-state index is -3.45. The number of hydrogen-bond acceptors (Lipinski definition) is 4. The minimum absolute atomic E-state index is 0.120. The van der Waals surface area contributed by atoms with Gasteiger partial charge in [0.1, 0.15) is 4.90 Å². The van der Waals surface area contributed by atoms with Gasteiger partial charge in [-0.05, 0) is 18.6 Å². The first kappa shape index (κ1) is 13.1. The lowest BCUT2D eigenvalue weighted by molar-refractivity contribution is 0.467. The first-order valence-corrected chi connectivity index (χ1v) is 6.58. The van der Waals surface area contributed by atoms with Crippen molar-refractivity contribution in [2.45, 2.75) is 24.8 Å². The van der Waals surface area contributed by atoms with Crippen molar-refractivity contribution in [1.29, 1.82) is 0 Å². The zero-order chi connectivity index (χ0) is 12.2. The number of nitrogens with two attached hydrogens (primary N) is 1. The fourth-order valence-electron chi connectivity index (χ4n) is 1.41. The van der Waals surface area contributed by atoms with E-state index in [0.29, 0.717) is 12.2 Å². The molecule has 0 aromatic carbocycles. The van der Waals surface area contributed by atoms with Gasteiger partial charge in [-0.3, -0.25) is 4.98 Å². The topological polar surface area (TPSA) is 76.3 Å². The summed E-state index contributed by atoms with van der Waals surface area (Å²) in [7, 11) is -1.89. The molecule has 1 aromatic heterocycles. The highest BCUT2D eigenvalue weighted by Gasteiger charge is 2.23. The molecule has 2 N–H and O–H groups in total. The van der Waals surface area contributed by atoms with Crippen molar-refractivity contribution in [3.63, 3.8) is 0 Å². The molecule has 90 valence electrons. The largest absolute Gasteiger partial charge is 0.325 e. The van der Waals surface area contributed by atoms with Crippen LogP contribution in [-0.2, 0) is 16.6 Å². The molecule has 0 spiro atoms. The van der Waals surface area contributed by atoms with E-state index < -0.39 is 10.0 Å². The Morgan fingerprint density at radius 2 is 2.19 bits per heavy atom. The van der Waals surface area contributed by atoms with Crippen LogP contribution in [0.1, 0.15) is 19.0 Å². The molecule has 1 aromatic rings. The van der Waals surface area contributed by atoms with Gasteiger partial charge >= 0.3 is 0 Å². The lowest BCUT2D eigenvalue weighted by atomic mass is 10.3. The Morgan fingerprint density at radius 3 is 2.75 bits per heavy atom. The summed E-state index contributed by atoms with van der Waals surface area (Å²) >= 11 is 0. The highest BCUT2D eigenvalue weighted by atomic mass is 32.2. The summed E-state index contributed by atoms with van der Waals surface area (Å²) in [6, 6.07) is 3.14. The second kappa shape index (κ2) is 5.38. The molecule has 0 saturated carbocycles. The van der Waals surface area contributed by atoms with E-state index in [9.17, 15) is 8.42 Å². The Bertz CT molecular complexity index is 445. The summed E-state index contributed by atoms with van der Waals surface area (Å²) in [5, 5.41) is 0. The molecule has 16 heavy (non-hydrogen) atoms. The normalized spacial score (nSPS) is 12.0. The third-order valence-electron chi connectivity index (χ3n) is 2.27. The Kier molecular flexibility index (Phi) is 4.40. The van der Waals surface area contributed by atoms with Crippen LogP contribution in [0.4, 0.5) is 0 Å². The van der Waals surface area contributed by atoms with Crippen LogP contribution in [0.2, 0.25) is 0 Å². The fraction of sp³-hybridized carbons (Fsp3) is 0.500. The number of aromatic nitrogens is 1. The summed E-state index contributed by atoms with van der Waals surface area (Å²) in [4.78, 5) is 4.18. The molecule has 0 radical (unpaired) electrons. The summed E-state index contributed by atoms with van der Waals surface area (Å²) in [6.07, 6.45) is 2.31. The molecular weight excluding hydrogens is 226 g/mol. The molecule has 0 unspecified atom stereocenters. The quantitative estimate of drug-likeness (QED) is 0.820. The number of hydrogen-bond donors (Lipinski definition) is 1. The molecule has 5 nitrogen and oxygen atoms in total. The van der Waals surface area contributed by atoms with Gasteiger partial charge in [-0.25, -0.2) is 12.7 Å². The first-order valence-electron chi connectivity index (χ1n) is 5.14. The van der Waals surface area contributed by atoms with Gasteiger partial charge in [0.15, 0.2) is 0 Å². The van der Waals surface area contributed by atoms with Crippen molar-refractivity contribution in [3.8, 4) is 0 Å². The molecule has 0 saturated heterocycles. The van der Waals surface area contributed by atoms with Crippen molar-refractivity contribution >= 4 is 10.0 Å². The van der Waals surface area contributed by atoms with Crippen LogP contribution in [0.3, 0.4) is 0 Å². The molecule has 6 heteroatoms. The zero-order valence-electron chi connectivity index (χ0n) is 9.55. The van der Waals surface area contributed by atoms with Gasteiger partial charge in [0.05, 0.1) is 5.69 Å². The number of rotatable bonds is 5. The van der Waals surface area contributed by atoms with E-state index in [4.69, 9.17) is 5.73 Å². The second-order valence-electron chi connectivity index (χ2n) is 3.48. The maximum absolute atomic E-state index is 12.1. The lowest BCUT2D eigenvalue weighted by Gasteiger charge is -2.17. The average molecular weight is 243 g/mol. The molecule has 0 aliphatic rings. The first-order chi connectivity index (χ1) is 7.54. The van der Waals surface area contributed by atoms with Crippen LogP contribution >= 0.6 is 0 Å². The van der Waals surface area contributed by atoms with Crippen molar-refractivity contribution in [3.05, 3.63) is 24.0 Å². The van der Waals surface area contributed by atoms with Gasteiger partial charge < -0.3 is 5.73 Å². The second-order valence-corrected chi connectivity index (χ2v) is 5.49. The van der Waals surface area contributed by atoms with Crippen molar-refractivity contribution in [2.24, 2.45) is 5.73 Å². The predicted molar refractivity (Wildman–Crippen MR) is 62.2 cm³/mol. The Hall–Kier alpha value is -0.980. The number of sulfonamides is 1. The van der Waals surface area contributed by atoms with E-state index in [0.717, 1.165) is 6.42 Å². The van der Waals surface area contributed by atoms with Crippen LogP contribution in [0.25, 0.3) is 0 Å². The standard InChI is InChI=1S/C10H17N3O2S/c1-3-7-13(2)16(14,15)10-5-4-6-12-9(10)8-11/h4-6H,3,7-8,11H2,1-2H3. The zero-order valence-corrected chi connectivity index (χ0v) is 10.4. The monoisotopic (exact) mass is 243 g/mol. The average Bonchev–Trinajstić information content (AvgIpc) is 2.29. The van der Waals surface area contributed by atoms with Gasteiger partial charge in [0.25, 0.3) is 0 Å². The smallest absolute Gasteiger partial charge is 0.244 e. The Balaban J connectivity index is 3.16. The van der Waals surface area contributed by atoms with Crippen molar-refractivity contribution in [1.82, 2.24) is 9.29 Å². The Morgan fingerprint density at radius 1 is 1.50 bits per heavy atom. The SMILES string of the molecule is CCCN(C)S(=O)(=O)c1cccnc1CN. The molecule has 0 bridgehead atoms.